The van der Waals surface area contributed by atoms with Crippen LogP contribution < -0.4 is 5.32 Å². The van der Waals surface area contributed by atoms with Crippen molar-refractivity contribution in [1.29, 1.82) is 0 Å². The molecule has 1 N–H and O–H groups in total. The molecule has 2 rings (SSSR count). The number of carbonyl (C=O) groups is 1. The summed E-state index contributed by atoms with van der Waals surface area (Å²) in [5.41, 5.74) is 1.81. The van der Waals surface area contributed by atoms with Crippen LogP contribution in [0.15, 0.2) is 20.8 Å². The molecule has 2 aromatic rings. The van der Waals surface area contributed by atoms with Crippen LogP contribution in [-0.4, -0.2) is 32.5 Å². The number of hydrogen-bond donors (Lipinski definition) is 1. The number of amides is 1. The fourth-order valence-electron chi connectivity index (χ4n) is 1.92. The fraction of sp³-hybridized carbons (Fsp3) is 0.438. The summed E-state index contributed by atoms with van der Waals surface area (Å²) >= 11 is 4.38. The van der Waals surface area contributed by atoms with E-state index in [1.165, 1.54) is 29.2 Å². The number of rotatable bonds is 8. The molecule has 0 bridgehead atoms. The maximum Gasteiger partial charge on any atom is 0.293 e. The van der Waals surface area contributed by atoms with E-state index in [4.69, 9.17) is 0 Å². The van der Waals surface area contributed by atoms with Crippen molar-refractivity contribution in [2.75, 3.05) is 16.8 Å². The Labute approximate surface area is 164 Å². The number of nitro benzene ring substituents is 1. The molecule has 1 amide bonds. The first-order chi connectivity index (χ1) is 12.3. The lowest BCUT2D eigenvalue weighted by Crippen LogP contribution is -2.15. The smallest absolute Gasteiger partial charge is 0.293 e. The van der Waals surface area contributed by atoms with Crippen LogP contribution in [0.2, 0.25) is 0 Å². The lowest BCUT2D eigenvalue weighted by molar-refractivity contribution is -0.384. The molecule has 1 aromatic heterocycles. The molecule has 0 saturated carbocycles. The Balaban J connectivity index is 1.95. The van der Waals surface area contributed by atoms with E-state index in [0.717, 1.165) is 21.2 Å². The van der Waals surface area contributed by atoms with Crippen molar-refractivity contribution in [3.05, 3.63) is 33.4 Å². The van der Waals surface area contributed by atoms with Crippen molar-refractivity contribution in [1.82, 2.24) is 10.2 Å². The van der Waals surface area contributed by atoms with Crippen LogP contribution in [0.5, 0.6) is 0 Å². The molecule has 0 aliphatic heterocycles. The number of nitrogens with one attached hydrogen (secondary N) is 1. The van der Waals surface area contributed by atoms with E-state index in [0.29, 0.717) is 10.3 Å². The van der Waals surface area contributed by atoms with E-state index in [-0.39, 0.29) is 23.0 Å². The molecule has 0 aliphatic carbocycles. The maximum absolute atomic E-state index is 12.2. The molecule has 0 saturated heterocycles. The molecule has 0 fully saturated rings. The highest BCUT2D eigenvalue weighted by atomic mass is 32.2. The van der Waals surface area contributed by atoms with Gasteiger partial charge in [0.2, 0.25) is 5.91 Å². The van der Waals surface area contributed by atoms with Gasteiger partial charge in [-0.25, -0.2) is 0 Å². The molecule has 0 aliphatic rings. The highest BCUT2D eigenvalue weighted by molar-refractivity contribution is 8.03. The lowest BCUT2D eigenvalue weighted by Gasteiger charge is -2.08. The van der Waals surface area contributed by atoms with E-state index in [1.807, 2.05) is 6.92 Å². The molecule has 0 radical (unpaired) electrons. The Kier molecular flexibility index (Phi) is 7.42. The van der Waals surface area contributed by atoms with Gasteiger partial charge in [0.05, 0.1) is 10.7 Å². The highest BCUT2D eigenvalue weighted by Crippen LogP contribution is 2.31. The summed E-state index contributed by atoms with van der Waals surface area (Å²) in [6.07, 6.45) is 0. The van der Waals surface area contributed by atoms with E-state index in [9.17, 15) is 14.9 Å². The predicted molar refractivity (Wildman–Crippen MR) is 107 cm³/mol. The van der Waals surface area contributed by atoms with Gasteiger partial charge in [0.1, 0.15) is 5.69 Å². The topological polar surface area (TPSA) is 98.0 Å². The molecule has 0 atom stereocenters. The minimum atomic E-state index is -0.488. The number of aromatic nitrogens is 2. The van der Waals surface area contributed by atoms with Gasteiger partial charge in [-0.15, -0.1) is 10.2 Å². The summed E-state index contributed by atoms with van der Waals surface area (Å²) in [7, 11) is 0. The minimum Gasteiger partial charge on any atom is -0.320 e. The van der Waals surface area contributed by atoms with Crippen LogP contribution in [0.4, 0.5) is 11.4 Å². The number of thioether (sulfide) groups is 2. The second-order valence-electron chi connectivity index (χ2n) is 6.09. The predicted octanol–water partition coefficient (Wildman–Crippen LogP) is 4.54. The van der Waals surface area contributed by atoms with Crippen LogP contribution in [-0.2, 0) is 4.79 Å². The van der Waals surface area contributed by atoms with Gasteiger partial charge in [0.25, 0.3) is 5.69 Å². The van der Waals surface area contributed by atoms with E-state index in [1.54, 1.807) is 24.8 Å². The molecule has 140 valence electrons. The van der Waals surface area contributed by atoms with Crippen LogP contribution in [0.3, 0.4) is 0 Å². The summed E-state index contributed by atoms with van der Waals surface area (Å²) in [5, 5.41) is 22.0. The first kappa shape index (κ1) is 20.7. The molecular weight excluding hydrogens is 392 g/mol. The summed E-state index contributed by atoms with van der Waals surface area (Å²) in [6.45, 7) is 7.93. The Morgan fingerprint density at radius 3 is 2.46 bits per heavy atom. The van der Waals surface area contributed by atoms with Crippen molar-refractivity contribution in [2.45, 2.75) is 36.4 Å². The number of aryl methyl sites for hydroxylation is 2. The lowest BCUT2D eigenvalue weighted by atomic mass is 10.1. The average molecular weight is 413 g/mol. The van der Waals surface area contributed by atoms with E-state index >= 15 is 0 Å². The largest absolute Gasteiger partial charge is 0.320 e. The minimum absolute atomic E-state index is 0.102. The molecule has 1 aromatic carbocycles. The third-order valence-electron chi connectivity index (χ3n) is 3.34. The van der Waals surface area contributed by atoms with Crippen LogP contribution in [0.1, 0.15) is 25.0 Å². The first-order valence-corrected chi connectivity index (χ1v) is 10.7. The second kappa shape index (κ2) is 9.33. The average Bonchev–Trinajstić information content (AvgIpc) is 3.02. The van der Waals surface area contributed by atoms with Crippen molar-refractivity contribution >= 4 is 52.1 Å². The van der Waals surface area contributed by atoms with Gasteiger partial charge in [-0.05, 0) is 37.0 Å². The van der Waals surface area contributed by atoms with Crippen LogP contribution in [0, 0.1) is 29.9 Å². The summed E-state index contributed by atoms with van der Waals surface area (Å²) in [4.78, 5) is 22.9. The fourth-order valence-corrected chi connectivity index (χ4v) is 4.71. The zero-order valence-corrected chi connectivity index (χ0v) is 17.4. The number of nitrogens with zero attached hydrogens (tertiary/aromatic N) is 3. The number of carbonyl (C=O) groups excluding carboxylic acids is 1. The van der Waals surface area contributed by atoms with Crippen molar-refractivity contribution in [3.8, 4) is 0 Å². The summed E-state index contributed by atoms with van der Waals surface area (Å²) in [5.74, 6) is 1.34. The van der Waals surface area contributed by atoms with Gasteiger partial charge >= 0.3 is 0 Å². The molecule has 26 heavy (non-hydrogen) atoms. The van der Waals surface area contributed by atoms with Crippen molar-refractivity contribution in [3.63, 3.8) is 0 Å². The number of benzene rings is 1. The first-order valence-electron chi connectivity index (χ1n) is 7.91. The Bertz CT molecular complexity index is 808. The van der Waals surface area contributed by atoms with Crippen LogP contribution >= 0.6 is 34.9 Å². The van der Waals surface area contributed by atoms with Gasteiger partial charge < -0.3 is 5.32 Å². The van der Waals surface area contributed by atoms with Crippen molar-refractivity contribution < 1.29 is 9.72 Å². The zero-order chi connectivity index (χ0) is 19.3. The third-order valence-corrected chi connectivity index (χ3v) is 6.95. The zero-order valence-electron chi connectivity index (χ0n) is 14.9. The molecule has 1 heterocycles. The van der Waals surface area contributed by atoms with Gasteiger partial charge in [-0.3, -0.25) is 14.9 Å². The van der Waals surface area contributed by atoms with Gasteiger partial charge in [0.15, 0.2) is 8.68 Å². The number of nitro groups is 1. The molecule has 7 nitrogen and oxygen atoms in total. The van der Waals surface area contributed by atoms with Gasteiger partial charge in [-0.1, -0.05) is 48.7 Å². The molecule has 10 heteroatoms. The standard InChI is InChI=1S/C16H20N4O3S3/c1-9(2)7-24-15-18-19-16(26-15)25-8-14(21)17-12-5-10(3)11(4)6-13(12)20(22)23/h5-6,9H,7-8H2,1-4H3,(H,17,21). The summed E-state index contributed by atoms with van der Waals surface area (Å²) < 4.78 is 1.59. The van der Waals surface area contributed by atoms with E-state index < -0.39 is 4.92 Å². The monoisotopic (exact) mass is 412 g/mol. The second-order valence-corrected chi connectivity index (χ2v) is 9.55. The van der Waals surface area contributed by atoms with Gasteiger partial charge in [0, 0.05) is 11.8 Å². The quantitative estimate of drug-likeness (QED) is 0.386. The Morgan fingerprint density at radius 1 is 1.23 bits per heavy atom. The maximum atomic E-state index is 12.2. The Morgan fingerprint density at radius 2 is 1.85 bits per heavy atom. The van der Waals surface area contributed by atoms with E-state index in [2.05, 4.69) is 29.4 Å². The molecule has 0 spiro atoms. The molecular formula is C16H20N4O3S3. The summed E-state index contributed by atoms with van der Waals surface area (Å²) in [6, 6.07) is 3.10. The number of hydrogen-bond acceptors (Lipinski definition) is 8. The van der Waals surface area contributed by atoms with Gasteiger partial charge in [-0.2, -0.15) is 0 Å². The number of anilines is 1. The SMILES string of the molecule is Cc1cc(NC(=O)CSc2nnc(SCC(C)C)s2)c([N+](=O)[O-])cc1C. The van der Waals surface area contributed by atoms with Crippen molar-refractivity contribution in [2.24, 2.45) is 5.92 Å². The highest BCUT2D eigenvalue weighted by Gasteiger charge is 2.18. The normalized spacial score (nSPS) is 11.0. The van der Waals surface area contributed by atoms with Crippen LogP contribution in [0.25, 0.3) is 0 Å². The molecule has 0 unspecified atom stereocenters. The third kappa shape index (κ3) is 5.96. The Hall–Kier alpha value is -1.65.